The zero-order valence-electron chi connectivity index (χ0n) is 12.8. The molecule has 0 bridgehead atoms. The Bertz CT molecular complexity index is 700. The number of esters is 1. The number of amides is 1. The van der Waals surface area contributed by atoms with E-state index >= 15 is 0 Å². The van der Waals surface area contributed by atoms with Gasteiger partial charge in [0, 0.05) is 0 Å². The normalized spacial score (nSPS) is 10.2. The second-order valence-electron chi connectivity index (χ2n) is 5.06. The van der Waals surface area contributed by atoms with Gasteiger partial charge in [0.1, 0.15) is 18.1 Å². The van der Waals surface area contributed by atoms with Crippen molar-refractivity contribution < 1.29 is 18.7 Å². The summed E-state index contributed by atoms with van der Waals surface area (Å²) < 4.78 is 18.2. The second kappa shape index (κ2) is 8.08. The lowest BCUT2D eigenvalue weighted by atomic mass is 10.1. The SMILES string of the molecule is CCc1cccc(OC(=O)CNC(=O)Cc2cccc(F)c2)c1. The number of nitrogens with one attached hydrogen (secondary N) is 1. The fourth-order valence-corrected chi connectivity index (χ4v) is 2.06. The van der Waals surface area contributed by atoms with E-state index < -0.39 is 11.8 Å². The van der Waals surface area contributed by atoms with Crippen LogP contribution in [0.3, 0.4) is 0 Å². The number of halogens is 1. The number of carbonyl (C=O) groups excluding carboxylic acids is 2. The topological polar surface area (TPSA) is 55.4 Å². The summed E-state index contributed by atoms with van der Waals surface area (Å²) in [4.78, 5) is 23.5. The van der Waals surface area contributed by atoms with Crippen molar-refractivity contribution in [2.45, 2.75) is 19.8 Å². The summed E-state index contributed by atoms with van der Waals surface area (Å²) >= 11 is 0. The summed E-state index contributed by atoms with van der Waals surface area (Å²) in [5.74, 6) is -0.861. The van der Waals surface area contributed by atoms with Crippen LogP contribution in [0, 0.1) is 5.82 Å². The molecule has 0 saturated heterocycles. The van der Waals surface area contributed by atoms with Crippen molar-refractivity contribution in [3.63, 3.8) is 0 Å². The standard InChI is InChI=1S/C18H18FNO3/c1-2-13-5-4-8-16(10-13)23-18(22)12-20-17(21)11-14-6-3-7-15(19)9-14/h3-10H,2,11-12H2,1H3,(H,20,21). The van der Waals surface area contributed by atoms with E-state index in [2.05, 4.69) is 5.32 Å². The van der Waals surface area contributed by atoms with E-state index in [4.69, 9.17) is 4.74 Å². The minimum atomic E-state index is -0.550. The van der Waals surface area contributed by atoms with E-state index in [9.17, 15) is 14.0 Å². The lowest BCUT2D eigenvalue weighted by Crippen LogP contribution is -2.32. The van der Waals surface area contributed by atoms with Crippen molar-refractivity contribution in [2.24, 2.45) is 0 Å². The fourth-order valence-electron chi connectivity index (χ4n) is 2.06. The van der Waals surface area contributed by atoms with E-state index in [-0.39, 0.29) is 18.9 Å². The van der Waals surface area contributed by atoms with Crippen LogP contribution in [-0.2, 0) is 22.4 Å². The van der Waals surface area contributed by atoms with Gasteiger partial charge in [-0.1, -0.05) is 31.2 Å². The summed E-state index contributed by atoms with van der Waals surface area (Å²) in [6.45, 7) is 1.78. The predicted octanol–water partition coefficient (Wildman–Crippen LogP) is 2.65. The van der Waals surface area contributed by atoms with Crippen molar-refractivity contribution in [1.82, 2.24) is 5.32 Å². The van der Waals surface area contributed by atoms with E-state index in [0.29, 0.717) is 11.3 Å². The first-order chi connectivity index (χ1) is 11.1. The van der Waals surface area contributed by atoms with Gasteiger partial charge in [-0.05, 0) is 41.8 Å². The molecule has 0 aliphatic rings. The van der Waals surface area contributed by atoms with Gasteiger partial charge in [0.05, 0.1) is 6.42 Å². The van der Waals surface area contributed by atoms with Crippen LogP contribution in [0.15, 0.2) is 48.5 Å². The van der Waals surface area contributed by atoms with Crippen LogP contribution in [0.25, 0.3) is 0 Å². The van der Waals surface area contributed by atoms with Crippen LogP contribution in [0.5, 0.6) is 5.75 Å². The molecule has 0 heterocycles. The van der Waals surface area contributed by atoms with E-state index in [1.165, 1.54) is 18.2 Å². The number of carbonyl (C=O) groups is 2. The Kier molecular flexibility index (Phi) is 5.86. The minimum Gasteiger partial charge on any atom is -0.425 e. The molecule has 23 heavy (non-hydrogen) atoms. The van der Waals surface area contributed by atoms with Crippen molar-refractivity contribution in [1.29, 1.82) is 0 Å². The average molecular weight is 315 g/mol. The predicted molar refractivity (Wildman–Crippen MR) is 84.6 cm³/mol. The first-order valence-corrected chi connectivity index (χ1v) is 7.37. The third-order valence-corrected chi connectivity index (χ3v) is 3.22. The number of rotatable bonds is 6. The maximum absolute atomic E-state index is 13.0. The average Bonchev–Trinajstić information content (AvgIpc) is 2.53. The van der Waals surface area contributed by atoms with Crippen LogP contribution in [0.1, 0.15) is 18.1 Å². The lowest BCUT2D eigenvalue weighted by Gasteiger charge is -2.07. The zero-order chi connectivity index (χ0) is 16.7. The van der Waals surface area contributed by atoms with Gasteiger partial charge in [-0.3, -0.25) is 4.79 Å². The fraction of sp³-hybridized carbons (Fsp3) is 0.222. The van der Waals surface area contributed by atoms with Crippen molar-refractivity contribution >= 4 is 11.9 Å². The van der Waals surface area contributed by atoms with Crippen LogP contribution in [0.2, 0.25) is 0 Å². The number of aryl methyl sites for hydroxylation is 1. The van der Waals surface area contributed by atoms with Crippen LogP contribution in [0.4, 0.5) is 4.39 Å². The van der Waals surface area contributed by atoms with E-state index in [1.54, 1.807) is 18.2 Å². The summed E-state index contributed by atoms with van der Waals surface area (Å²) in [6.07, 6.45) is 0.853. The Balaban J connectivity index is 1.80. The molecule has 0 spiro atoms. The third kappa shape index (κ3) is 5.54. The van der Waals surface area contributed by atoms with Crippen LogP contribution < -0.4 is 10.1 Å². The summed E-state index contributed by atoms with van der Waals surface area (Å²) in [7, 11) is 0. The maximum Gasteiger partial charge on any atom is 0.330 e. The van der Waals surface area contributed by atoms with Crippen LogP contribution >= 0.6 is 0 Å². The monoisotopic (exact) mass is 315 g/mol. The molecule has 4 nitrogen and oxygen atoms in total. The highest BCUT2D eigenvalue weighted by atomic mass is 19.1. The molecule has 0 atom stereocenters. The Hall–Kier alpha value is -2.69. The van der Waals surface area contributed by atoms with Crippen molar-refractivity contribution in [2.75, 3.05) is 6.54 Å². The van der Waals surface area contributed by atoms with Gasteiger partial charge in [-0.2, -0.15) is 0 Å². The van der Waals surface area contributed by atoms with Gasteiger partial charge in [-0.15, -0.1) is 0 Å². The molecule has 0 unspecified atom stereocenters. The van der Waals surface area contributed by atoms with Crippen LogP contribution in [-0.4, -0.2) is 18.4 Å². The molecule has 2 rings (SSSR count). The van der Waals surface area contributed by atoms with Gasteiger partial charge in [0.15, 0.2) is 0 Å². The Morgan fingerprint density at radius 1 is 1.09 bits per heavy atom. The molecule has 5 heteroatoms. The molecule has 1 amide bonds. The molecule has 0 radical (unpaired) electrons. The molecule has 0 aliphatic carbocycles. The molecular weight excluding hydrogens is 297 g/mol. The molecule has 0 fully saturated rings. The molecule has 0 aliphatic heterocycles. The summed E-state index contributed by atoms with van der Waals surface area (Å²) in [5, 5.41) is 2.46. The highest BCUT2D eigenvalue weighted by Gasteiger charge is 2.09. The Morgan fingerprint density at radius 3 is 2.57 bits per heavy atom. The maximum atomic E-state index is 13.0. The van der Waals surface area contributed by atoms with Crippen molar-refractivity contribution in [3.05, 3.63) is 65.5 Å². The van der Waals surface area contributed by atoms with Gasteiger partial charge < -0.3 is 10.1 Å². The first-order valence-electron chi connectivity index (χ1n) is 7.37. The van der Waals surface area contributed by atoms with Gasteiger partial charge in [-0.25, -0.2) is 9.18 Å². The molecule has 1 N–H and O–H groups in total. The number of hydrogen-bond acceptors (Lipinski definition) is 3. The number of hydrogen-bond donors (Lipinski definition) is 1. The third-order valence-electron chi connectivity index (χ3n) is 3.22. The number of ether oxygens (including phenoxy) is 1. The van der Waals surface area contributed by atoms with Crippen molar-refractivity contribution in [3.8, 4) is 5.75 Å². The zero-order valence-corrected chi connectivity index (χ0v) is 12.8. The van der Waals surface area contributed by atoms with Gasteiger partial charge >= 0.3 is 5.97 Å². The van der Waals surface area contributed by atoms with Gasteiger partial charge in [0.2, 0.25) is 5.91 Å². The first kappa shape index (κ1) is 16.7. The molecule has 0 aromatic heterocycles. The van der Waals surface area contributed by atoms with E-state index in [1.807, 2.05) is 19.1 Å². The number of benzene rings is 2. The summed E-state index contributed by atoms with van der Waals surface area (Å²) in [5.41, 5.74) is 1.61. The second-order valence-corrected chi connectivity index (χ2v) is 5.06. The quantitative estimate of drug-likeness (QED) is 0.658. The molecular formula is C18H18FNO3. The smallest absolute Gasteiger partial charge is 0.330 e. The van der Waals surface area contributed by atoms with E-state index in [0.717, 1.165) is 12.0 Å². The molecule has 120 valence electrons. The summed E-state index contributed by atoms with van der Waals surface area (Å²) in [6, 6.07) is 13.0. The molecule has 2 aromatic carbocycles. The highest BCUT2D eigenvalue weighted by molar-refractivity contribution is 5.84. The molecule has 2 aromatic rings. The Labute approximate surface area is 134 Å². The highest BCUT2D eigenvalue weighted by Crippen LogP contribution is 2.13. The molecule has 0 saturated carbocycles. The lowest BCUT2D eigenvalue weighted by molar-refractivity contribution is -0.135. The largest absolute Gasteiger partial charge is 0.425 e. The van der Waals surface area contributed by atoms with Gasteiger partial charge in [0.25, 0.3) is 0 Å². The Morgan fingerprint density at radius 2 is 1.83 bits per heavy atom. The minimum absolute atomic E-state index is 0.0103.